The summed E-state index contributed by atoms with van der Waals surface area (Å²) in [6, 6.07) is 23.9. The second kappa shape index (κ2) is 7.85. The maximum Gasteiger partial charge on any atom is 0.252 e. The van der Waals surface area contributed by atoms with Gasteiger partial charge in [0.05, 0.1) is 12.6 Å². The lowest BCUT2D eigenvalue weighted by Gasteiger charge is -2.43. The van der Waals surface area contributed by atoms with Gasteiger partial charge in [0.15, 0.2) is 0 Å². The van der Waals surface area contributed by atoms with E-state index in [1.54, 1.807) is 29.2 Å². The average molecular weight is 410 g/mol. The molecule has 5 nitrogen and oxygen atoms in total. The Hall–Kier alpha value is -3.70. The third-order valence-corrected chi connectivity index (χ3v) is 5.95. The highest BCUT2D eigenvalue weighted by Crippen LogP contribution is 2.49. The number of fused-ring (bicyclic) bond motifs is 6. The molecule has 1 heterocycles. The van der Waals surface area contributed by atoms with Crippen LogP contribution in [0.15, 0.2) is 84.9 Å². The summed E-state index contributed by atoms with van der Waals surface area (Å²) in [4.78, 5) is 27.9. The molecule has 0 unspecified atom stereocenters. The van der Waals surface area contributed by atoms with E-state index in [0.717, 1.165) is 27.8 Å². The summed E-state index contributed by atoms with van der Waals surface area (Å²) in [6.07, 6.45) is 1.87. The summed E-state index contributed by atoms with van der Waals surface area (Å²) in [7, 11) is 0. The topological polar surface area (TPSA) is 69.6 Å². The van der Waals surface area contributed by atoms with Crippen LogP contribution in [0.25, 0.3) is 16.7 Å². The average Bonchev–Trinajstić information content (AvgIpc) is 2.82. The number of amides is 2. The number of hydrogen-bond acceptors (Lipinski definition) is 3. The summed E-state index contributed by atoms with van der Waals surface area (Å²) in [5.74, 6) is -0.524. The van der Waals surface area contributed by atoms with E-state index in [1.807, 2.05) is 48.5 Å². The summed E-state index contributed by atoms with van der Waals surface area (Å²) in [6.45, 7) is 0.0355. The molecular weight excluding hydrogens is 388 g/mol. The zero-order valence-corrected chi connectivity index (χ0v) is 16.9. The Labute approximate surface area is 180 Å². The molecule has 3 aromatic carbocycles. The first-order valence-corrected chi connectivity index (χ1v) is 10.4. The molecule has 1 aliphatic carbocycles. The van der Waals surface area contributed by atoms with E-state index in [9.17, 15) is 14.7 Å². The third-order valence-electron chi connectivity index (χ3n) is 5.95. The smallest absolute Gasteiger partial charge is 0.252 e. The maximum absolute atomic E-state index is 13.4. The molecule has 1 aliphatic heterocycles. The zero-order chi connectivity index (χ0) is 21.4. The van der Waals surface area contributed by atoms with Crippen molar-refractivity contribution in [2.45, 2.75) is 12.1 Å². The molecule has 0 saturated carbocycles. The molecule has 5 heteroatoms. The summed E-state index contributed by atoms with van der Waals surface area (Å²) < 4.78 is 0. The predicted octanol–water partition coefficient (Wildman–Crippen LogP) is 3.42. The number of nitrogens with one attached hydrogen (secondary N) is 1. The fourth-order valence-electron chi connectivity index (χ4n) is 4.60. The fraction of sp³-hybridized carbons (Fsp3) is 0.154. The summed E-state index contributed by atoms with van der Waals surface area (Å²) in [5.41, 5.74) is 5.73. The molecule has 0 saturated heterocycles. The van der Waals surface area contributed by atoms with Crippen molar-refractivity contribution < 1.29 is 14.7 Å². The first kappa shape index (κ1) is 19.3. The van der Waals surface area contributed by atoms with Crippen molar-refractivity contribution in [3.8, 4) is 11.1 Å². The van der Waals surface area contributed by atoms with Crippen molar-refractivity contribution in [1.29, 1.82) is 0 Å². The van der Waals surface area contributed by atoms with Gasteiger partial charge in [-0.3, -0.25) is 9.59 Å². The highest BCUT2D eigenvalue weighted by molar-refractivity contribution is 6.02. The molecule has 2 N–H and O–H groups in total. The molecule has 0 radical (unpaired) electrons. The number of aliphatic hydroxyl groups is 1. The highest BCUT2D eigenvalue weighted by atomic mass is 16.3. The molecular formula is C26H22N2O3. The van der Waals surface area contributed by atoms with E-state index in [4.69, 9.17) is 0 Å². The van der Waals surface area contributed by atoms with E-state index in [1.165, 1.54) is 0 Å². The molecule has 154 valence electrons. The number of carbonyl (C=O) groups is 2. The van der Waals surface area contributed by atoms with Crippen molar-refractivity contribution in [3.63, 3.8) is 0 Å². The van der Waals surface area contributed by atoms with E-state index in [-0.39, 0.29) is 31.0 Å². The van der Waals surface area contributed by atoms with E-state index in [0.29, 0.717) is 5.56 Å². The first-order chi connectivity index (χ1) is 15.2. The molecule has 0 spiro atoms. The predicted molar refractivity (Wildman–Crippen MR) is 119 cm³/mol. The summed E-state index contributed by atoms with van der Waals surface area (Å²) in [5, 5.41) is 12.6. The van der Waals surface area contributed by atoms with Crippen molar-refractivity contribution >= 4 is 17.4 Å². The van der Waals surface area contributed by atoms with Gasteiger partial charge in [-0.05, 0) is 46.0 Å². The van der Waals surface area contributed by atoms with Crippen molar-refractivity contribution in [2.24, 2.45) is 0 Å². The van der Waals surface area contributed by atoms with Gasteiger partial charge >= 0.3 is 0 Å². The molecule has 0 aromatic heterocycles. The number of nitrogens with zero attached hydrogens (tertiary/aromatic N) is 1. The van der Waals surface area contributed by atoms with Crippen LogP contribution in [-0.2, 0) is 4.79 Å². The molecule has 0 fully saturated rings. The van der Waals surface area contributed by atoms with Gasteiger partial charge in [0.1, 0.15) is 6.04 Å². The minimum atomic E-state index is -0.802. The van der Waals surface area contributed by atoms with Gasteiger partial charge < -0.3 is 15.3 Å². The highest BCUT2D eigenvalue weighted by Gasteiger charge is 2.41. The van der Waals surface area contributed by atoms with Crippen molar-refractivity contribution in [3.05, 3.63) is 102 Å². The van der Waals surface area contributed by atoms with Crippen LogP contribution in [-0.4, -0.2) is 41.0 Å². The van der Waals surface area contributed by atoms with E-state index >= 15 is 0 Å². The monoisotopic (exact) mass is 410 g/mol. The Bertz CT molecular complexity index is 1190. The van der Waals surface area contributed by atoms with E-state index < -0.39 is 6.04 Å². The Morgan fingerprint density at radius 2 is 1.52 bits per heavy atom. The lowest BCUT2D eigenvalue weighted by molar-refractivity contribution is -0.134. The number of hydrogen-bond donors (Lipinski definition) is 2. The molecule has 5 rings (SSSR count). The number of β-amino-alcohol motifs (C(OH)–C–C–N with tert-alkyl or cyclic N) is 1. The van der Waals surface area contributed by atoms with Crippen LogP contribution in [0.3, 0.4) is 0 Å². The van der Waals surface area contributed by atoms with Crippen molar-refractivity contribution in [2.75, 3.05) is 13.2 Å². The van der Waals surface area contributed by atoms with Gasteiger partial charge in [0.2, 0.25) is 5.91 Å². The second-order valence-corrected chi connectivity index (χ2v) is 7.73. The minimum Gasteiger partial charge on any atom is -0.395 e. The molecule has 2 atom stereocenters. The van der Waals surface area contributed by atoms with Gasteiger partial charge in [0.25, 0.3) is 5.91 Å². The van der Waals surface area contributed by atoms with Gasteiger partial charge in [0, 0.05) is 12.1 Å². The Morgan fingerprint density at radius 3 is 2.26 bits per heavy atom. The quantitative estimate of drug-likeness (QED) is 0.692. The molecule has 0 bridgehead atoms. The van der Waals surface area contributed by atoms with Gasteiger partial charge in [-0.1, -0.05) is 66.7 Å². The van der Waals surface area contributed by atoms with Crippen LogP contribution in [0.4, 0.5) is 0 Å². The van der Waals surface area contributed by atoms with E-state index in [2.05, 4.69) is 17.4 Å². The van der Waals surface area contributed by atoms with Gasteiger partial charge in [-0.25, -0.2) is 0 Å². The third kappa shape index (κ3) is 3.23. The van der Waals surface area contributed by atoms with Crippen LogP contribution >= 0.6 is 0 Å². The molecule has 31 heavy (non-hydrogen) atoms. The van der Waals surface area contributed by atoms with Gasteiger partial charge in [-0.15, -0.1) is 0 Å². The van der Waals surface area contributed by atoms with Crippen LogP contribution in [0.5, 0.6) is 0 Å². The zero-order valence-electron chi connectivity index (χ0n) is 16.9. The summed E-state index contributed by atoms with van der Waals surface area (Å²) >= 11 is 0. The number of aliphatic hydroxyl groups excluding tert-OH is 1. The minimum absolute atomic E-state index is 0.154. The molecule has 2 amide bonds. The number of rotatable bonds is 4. The maximum atomic E-state index is 13.4. The van der Waals surface area contributed by atoms with Crippen LogP contribution in [0, 0.1) is 0 Å². The standard InChI is InChI=1S/C26H22N2O3/c29-15-14-28-24-21-13-7-6-11-19(21)18-10-4-5-12-20(18)22(24)16-23(26(28)31)27-25(30)17-8-2-1-3-9-17/h1-13,16,23-24,29H,14-15H2,(H,27,30)/t23-,24-/m1/s1. The Kier molecular flexibility index (Phi) is 4.88. The van der Waals surface area contributed by atoms with Crippen LogP contribution < -0.4 is 5.32 Å². The molecule has 3 aromatic rings. The van der Waals surface area contributed by atoms with Crippen LogP contribution in [0.1, 0.15) is 27.5 Å². The SMILES string of the molecule is O=C(N[C@@H]1C=C2c3ccccc3-c3ccccc3[C@H]2N(CCO)C1=O)c1ccccc1. The number of benzene rings is 3. The second-order valence-electron chi connectivity index (χ2n) is 7.73. The molecule has 2 aliphatic rings. The number of carbonyl (C=O) groups excluding carboxylic acids is 2. The van der Waals surface area contributed by atoms with Gasteiger partial charge in [-0.2, -0.15) is 0 Å². The largest absolute Gasteiger partial charge is 0.395 e. The lowest BCUT2D eigenvalue weighted by atomic mass is 9.76. The Morgan fingerprint density at radius 1 is 0.871 bits per heavy atom. The normalized spacial score (nSPS) is 19.1. The fourth-order valence-corrected chi connectivity index (χ4v) is 4.60. The Balaban J connectivity index is 1.62. The first-order valence-electron chi connectivity index (χ1n) is 10.4. The lowest BCUT2D eigenvalue weighted by Crippen LogP contribution is -2.53. The van der Waals surface area contributed by atoms with Crippen LogP contribution in [0.2, 0.25) is 0 Å². The van der Waals surface area contributed by atoms with Crippen molar-refractivity contribution in [1.82, 2.24) is 10.2 Å².